The summed E-state index contributed by atoms with van der Waals surface area (Å²) in [7, 11) is 0. The average Bonchev–Trinajstić information content (AvgIpc) is 3.47. The van der Waals surface area contributed by atoms with Crippen LogP contribution in [0.25, 0.3) is 0 Å². The molecule has 2 fully saturated rings. The van der Waals surface area contributed by atoms with E-state index in [1.165, 1.54) is 24.3 Å². The van der Waals surface area contributed by atoms with Gasteiger partial charge in [0.1, 0.15) is 11.6 Å². The molecule has 0 N–H and O–H groups in total. The third-order valence-electron chi connectivity index (χ3n) is 4.91. The van der Waals surface area contributed by atoms with E-state index in [1.807, 2.05) is 11.8 Å². The first-order valence-electron chi connectivity index (χ1n) is 9.24. The molecule has 1 aromatic carbocycles. The van der Waals surface area contributed by atoms with Crippen molar-refractivity contribution in [2.24, 2.45) is 0 Å². The van der Waals surface area contributed by atoms with Crippen molar-refractivity contribution < 1.29 is 18.7 Å². The van der Waals surface area contributed by atoms with Gasteiger partial charge in [0.25, 0.3) is 5.91 Å². The van der Waals surface area contributed by atoms with Crippen LogP contribution in [0, 0.1) is 5.82 Å². The Morgan fingerprint density at radius 1 is 1.15 bits per heavy atom. The summed E-state index contributed by atoms with van der Waals surface area (Å²) in [5.41, 5.74) is 0. The summed E-state index contributed by atoms with van der Waals surface area (Å²) in [6.07, 6.45) is 2.24. The van der Waals surface area contributed by atoms with Crippen molar-refractivity contribution >= 4 is 11.8 Å². The molecule has 1 heterocycles. The van der Waals surface area contributed by atoms with Crippen LogP contribution in [-0.2, 0) is 9.59 Å². The minimum Gasteiger partial charge on any atom is -0.484 e. The van der Waals surface area contributed by atoms with Gasteiger partial charge in [-0.25, -0.2) is 4.39 Å². The average molecular weight is 363 g/mol. The van der Waals surface area contributed by atoms with Gasteiger partial charge in [-0.2, -0.15) is 0 Å². The quantitative estimate of drug-likeness (QED) is 0.734. The number of carbonyl (C=O) groups excluding carboxylic acids is 2. The largest absolute Gasteiger partial charge is 0.484 e. The third-order valence-corrected chi connectivity index (χ3v) is 4.91. The number of benzene rings is 1. The third kappa shape index (κ3) is 4.94. The normalized spacial score (nSPS) is 17.8. The Labute approximate surface area is 153 Å². The van der Waals surface area contributed by atoms with Crippen molar-refractivity contribution in [1.29, 1.82) is 0 Å². The number of rotatable bonds is 7. The molecule has 1 aliphatic heterocycles. The number of hydrogen-bond donors (Lipinski definition) is 0. The van der Waals surface area contributed by atoms with Gasteiger partial charge in [-0.1, -0.05) is 0 Å². The van der Waals surface area contributed by atoms with Crippen LogP contribution in [-0.4, -0.2) is 78.4 Å². The molecule has 0 aromatic heterocycles. The summed E-state index contributed by atoms with van der Waals surface area (Å²) < 4.78 is 18.3. The topological polar surface area (TPSA) is 53.1 Å². The van der Waals surface area contributed by atoms with E-state index in [-0.39, 0.29) is 24.2 Å². The van der Waals surface area contributed by atoms with Crippen LogP contribution in [0.4, 0.5) is 4.39 Å². The molecule has 0 radical (unpaired) electrons. The summed E-state index contributed by atoms with van der Waals surface area (Å²) in [6.45, 7) is 5.72. The van der Waals surface area contributed by atoms with Crippen LogP contribution in [0.5, 0.6) is 5.75 Å². The number of ether oxygens (including phenoxy) is 1. The molecule has 3 rings (SSSR count). The van der Waals surface area contributed by atoms with Gasteiger partial charge >= 0.3 is 0 Å². The molecule has 26 heavy (non-hydrogen) atoms. The Balaban J connectivity index is 1.39. The van der Waals surface area contributed by atoms with E-state index >= 15 is 0 Å². The number of piperazine rings is 1. The lowest BCUT2D eigenvalue weighted by molar-refractivity contribution is -0.136. The number of amides is 2. The number of halogens is 1. The molecule has 1 aromatic rings. The van der Waals surface area contributed by atoms with Crippen molar-refractivity contribution in [1.82, 2.24) is 14.7 Å². The fourth-order valence-corrected chi connectivity index (χ4v) is 3.23. The second-order valence-electron chi connectivity index (χ2n) is 6.81. The van der Waals surface area contributed by atoms with Crippen LogP contribution in [0.2, 0.25) is 0 Å². The van der Waals surface area contributed by atoms with Gasteiger partial charge in [0.05, 0.1) is 6.54 Å². The lowest BCUT2D eigenvalue weighted by Gasteiger charge is -2.35. The van der Waals surface area contributed by atoms with Crippen LogP contribution >= 0.6 is 0 Å². The predicted octanol–water partition coefficient (Wildman–Crippen LogP) is 1.36. The first-order chi connectivity index (χ1) is 12.6. The van der Waals surface area contributed by atoms with Gasteiger partial charge in [-0.05, 0) is 44.0 Å². The highest BCUT2D eigenvalue weighted by Crippen LogP contribution is 2.26. The van der Waals surface area contributed by atoms with Gasteiger partial charge in [-0.15, -0.1) is 0 Å². The molecule has 0 spiro atoms. The van der Waals surface area contributed by atoms with Crippen molar-refractivity contribution in [3.63, 3.8) is 0 Å². The molecule has 2 amide bonds. The van der Waals surface area contributed by atoms with E-state index in [2.05, 4.69) is 4.90 Å². The Hall–Kier alpha value is -2.15. The summed E-state index contributed by atoms with van der Waals surface area (Å²) in [6, 6.07) is 6.06. The summed E-state index contributed by atoms with van der Waals surface area (Å²) >= 11 is 0. The molecule has 142 valence electrons. The lowest BCUT2D eigenvalue weighted by Crippen LogP contribution is -2.52. The van der Waals surface area contributed by atoms with Crippen molar-refractivity contribution in [3.05, 3.63) is 30.1 Å². The zero-order valence-corrected chi connectivity index (χ0v) is 15.2. The fourth-order valence-electron chi connectivity index (χ4n) is 3.23. The molecule has 0 atom stereocenters. The smallest absolute Gasteiger partial charge is 0.260 e. The molecular weight excluding hydrogens is 337 g/mol. The van der Waals surface area contributed by atoms with Gasteiger partial charge in [0.2, 0.25) is 5.91 Å². The molecule has 1 saturated heterocycles. The van der Waals surface area contributed by atoms with Crippen LogP contribution in [0.3, 0.4) is 0 Å². The Morgan fingerprint density at radius 3 is 2.38 bits per heavy atom. The second-order valence-corrected chi connectivity index (χ2v) is 6.81. The summed E-state index contributed by atoms with van der Waals surface area (Å²) in [5, 5.41) is 0. The predicted molar refractivity (Wildman–Crippen MR) is 95.3 cm³/mol. The van der Waals surface area contributed by atoms with Gasteiger partial charge < -0.3 is 14.5 Å². The molecule has 2 aliphatic rings. The van der Waals surface area contributed by atoms with E-state index in [9.17, 15) is 14.0 Å². The number of hydrogen-bond acceptors (Lipinski definition) is 4. The monoisotopic (exact) mass is 363 g/mol. The molecule has 0 unspecified atom stereocenters. The number of nitrogens with zero attached hydrogens (tertiary/aromatic N) is 3. The van der Waals surface area contributed by atoms with E-state index in [1.54, 1.807) is 4.90 Å². The maximum absolute atomic E-state index is 12.9. The number of likely N-dealkylation sites (N-methyl/N-ethyl adjacent to an activating group) is 1. The van der Waals surface area contributed by atoms with Crippen molar-refractivity contribution in [2.45, 2.75) is 25.8 Å². The van der Waals surface area contributed by atoms with E-state index < -0.39 is 0 Å². The Morgan fingerprint density at radius 2 is 1.81 bits per heavy atom. The van der Waals surface area contributed by atoms with Crippen LogP contribution in [0.1, 0.15) is 19.8 Å². The van der Waals surface area contributed by atoms with Crippen LogP contribution < -0.4 is 4.74 Å². The molecular formula is C19H26FN3O3. The highest BCUT2D eigenvalue weighted by molar-refractivity contribution is 5.79. The fraction of sp³-hybridized carbons (Fsp3) is 0.579. The maximum atomic E-state index is 12.9. The SMILES string of the molecule is CCN(C(=O)CN1CCN(C(=O)COc2ccc(F)cc2)CC1)C1CC1. The molecule has 1 saturated carbocycles. The van der Waals surface area contributed by atoms with E-state index in [4.69, 9.17) is 4.74 Å². The first-order valence-corrected chi connectivity index (χ1v) is 9.24. The molecule has 7 heteroatoms. The molecule has 0 bridgehead atoms. The van der Waals surface area contributed by atoms with Gasteiger partial charge in [0.15, 0.2) is 6.61 Å². The Bertz CT molecular complexity index is 625. The second kappa shape index (κ2) is 8.49. The van der Waals surface area contributed by atoms with Crippen LogP contribution in [0.15, 0.2) is 24.3 Å². The highest BCUT2D eigenvalue weighted by atomic mass is 19.1. The zero-order chi connectivity index (χ0) is 18.5. The standard InChI is InChI=1S/C19H26FN3O3/c1-2-23(16-5-6-16)18(24)13-21-9-11-22(12-10-21)19(25)14-26-17-7-3-15(20)4-8-17/h3-4,7-8,16H,2,5-6,9-14H2,1H3. The Kier molecular flexibility index (Phi) is 6.08. The zero-order valence-electron chi connectivity index (χ0n) is 15.2. The van der Waals surface area contributed by atoms with E-state index in [0.717, 1.165) is 19.4 Å². The van der Waals surface area contributed by atoms with Gasteiger partial charge in [-0.3, -0.25) is 14.5 Å². The lowest BCUT2D eigenvalue weighted by atomic mass is 10.3. The first kappa shape index (κ1) is 18.6. The van der Waals surface area contributed by atoms with Crippen molar-refractivity contribution in [2.75, 3.05) is 45.9 Å². The van der Waals surface area contributed by atoms with Gasteiger partial charge in [0, 0.05) is 38.8 Å². The summed E-state index contributed by atoms with van der Waals surface area (Å²) in [5.74, 6) is 0.240. The van der Waals surface area contributed by atoms with E-state index in [0.29, 0.717) is 44.5 Å². The minimum atomic E-state index is -0.335. The number of carbonyl (C=O) groups is 2. The summed E-state index contributed by atoms with van der Waals surface area (Å²) in [4.78, 5) is 30.5. The molecule has 1 aliphatic carbocycles. The maximum Gasteiger partial charge on any atom is 0.260 e. The minimum absolute atomic E-state index is 0.0597. The van der Waals surface area contributed by atoms with Crippen molar-refractivity contribution in [3.8, 4) is 5.75 Å². The molecule has 6 nitrogen and oxygen atoms in total. The highest BCUT2D eigenvalue weighted by Gasteiger charge is 2.32.